The topological polar surface area (TPSA) is 37.4 Å². The SMILES string of the molecule is CN=C(NCCCN1CCCN(C)CC1)N1CCN(C(C)C(F)(F)F)CC1. The van der Waals surface area contributed by atoms with Crippen LogP contribution in [0.4, 0.5) is 13.2 Å². The zero-order valence-electron chi connectivity index (χ0n) is 16.9. The zero-order chi connectivity index (χ0) is 19.9. The van der Waals surface area contributed by atoms with Crippen LogP contribution < -0.4 is 5.32 Å². The molecule has 0 aromatic carbocycles. The van der Waals surface area contributed by atoms with Crippen LogP contribution in [0.25, 0.3) is 0 Å². The third-order valence-corrected chi connectivity index (χ3v) is 5.59. The molecule has 1 atom stereocenters. The lowest BCUT2D eigenvalue weighted by Crippen LogP contribution is -2.56. The molecule has 1 unspecified atom stereocenters. The van der Waals surface area contributed by atoms with Crippen LogP contribution in [0.2, 0.25) is 0 Å². The van der Waals surface area contributed by atoms with E-state index in [1.54, 1.807) is 7.05 Å². The first-order valence-corrected chi connectivity index (χ1v) is 9.98. The molecule has 0 amide bonds. The predicted molar refractivity (Wildman–Crippen MR) is 103 cm³/mol. The molecule has 2 aliphatic heterocycles. The molecule has 1 N–H and O–H groups in total. The fourth-order valence-electron chi connectivity index (χ4n) is 3.69. The van der Waals surface area contributed by atoms with Gasteiger partial charge in [0.15, 0.2) is 5.96 Å². The minimum absolute atomic E-state index is 0.405. The second-order valence-corrected chi connectivity index (χ2v) is 7.57. The lowest BCUT2D eigenvalue weighted by Gasteiger charge is -2.39. The Labute approximate surface area is 161 Å². The predicted octanol–water partition coefficient (Wildman–Crippen LogP) is 1.16. The molecular formula is C18H35F3N6. The van der Waals surface area contributed by atoms with Gasteiger partial charge < -0.3 is 20.0 Å². The first-order valence-electron chi connectivity index (χ1n) is 9.98. The normalized spacial score (nSPS) is 23.3. The van der Waals surface area contributed by atoms with Crippen molar-refractivity contribution in [3.05, 3.63) is 0 Å². The van der Waals surface area contributed by atoms with Crippen LogP contribution in [-0.4, -0.2) is 117 Å². The van der Waals surface area contributed by atoms with Crippen molar-refractivity contribution in [1.29, 1.82) is 0 Å². The average molecular weight is 393 g/mol. The Kier molecular flexibility index (Phi) is 8.62. The lowest BCUT2D eigenvalue weighted by molar-refractivity contribution is -0.181. The molecule has 9 heteroatoms. The quantitative estimate of drug-likeness (QED) is 0.432. The average Bonchev–Trinajstić information content (AvgIpc) is 2.85. The summed E-state index contributed by atoms with van der Waals surface area (Å²) in [5.41, 5.74) is 0. The fourth-order valence-corrected chi connectivity index (χ4v) is 3.69. The summed E-state index contributed by atoms with van der Waals surface area (Å²) in [4.78, 5) is 12.7. The summed E-state index contributed by atoms with van der Waals surface area (Å²) in [6.07, 6.45) is -1.91. The highest BCUT2D eigenvalue weighted by atomic mass is 19.4. The van der Waals surface area contributed by atoms with Gasteiger partial charge in [-0.2, -0.15) is 13.2 Å². The molecule has 6 nitrogen and oxygen atoms in total. The van der Waals surface area contributed by atoms with Gasteiger partial charge in [-0.3, -0.25) is 9.89 Å². The maximum absolute atomic E-state index is 12.9. The number of halogens is 3. The van der Waals surface area contributed by atoms with Gasteiger partial charge in [0.2, 0.25) is 0 Å². The highest BCUT2D eigenvalue weighted by molar-refractivity contribution is 5.79. The molecule has 0 aliphatic carbocycles. The van der Waals surface area contributed by atoms with Gasteiger partial charge in [-0.25, -0.2) is 0 Å². The standard InChI is InChI=1S/C18H35F3N6/c1-16(18(19,20)21)26-12-14-27(15-13-26)17(22-2)23-6-4-8-25-9-5-7-24(3)10-11-25/h16H,4-15H2,1-3H3,(H,22,23). The number of hydrogen-bond acceptors (Lipinski definition) is 4. The molecule has 2 heterocycles. The maximum atomic E-state index is 12.9. The smallest absolute Gasteiger partial charge is 0.356 e. The summed E-state index contributed by atoms with van der Waals surface area (Å²) in [5, 5.41) is 3.38. The van der Waals surface area contributed by atoms with E-state index in [-0.39, 0.29) is 0 Å². The van der Waals surface area contributed by atoms with Gasteiger partial charge >= 0.3 is 6.18 Å². The molecule has 0 aromatic rings. The summed E-state index contributed by atoms with van der Waals surface area (Å²) < 4.78 is 38.6. The third-order valence-electron chi connectivity index (χ3n) is 5.59. The Morgan fingerprint density at radius 3 is 2.37 bits per heavy atom. The molecule has 2 rings (SSSR count). The molecule has 2 fully saturated rings. The number of aliphatic imine (C=N–C) groups is 1. The Hall–Kier alpha value is -1.06. The highest BCUT2D eigenvalue weighted by Crippen LogP contribution is 2.25. The summed E-state index contributed by atoms with van der Waals surface area (Å²) in [6.45, 7) is 9.64. The monoisotopic (exact) mass is 392 g/mol. The summed E-state index contributed by atoms with van der Waals surface area (Å²) in [5.74, 6) is 0.796. The van der Waals surface area contributed by atoms with Gasteiger partial charge in [0.05, 0.1) is 0 Å². The van der Waals surface area contributed by atoms with Gasteiger partial charge in [0.25, 0.3) is 0 Å². The molecular weight excluding hydrogens is 357 g/mol. The Balaban J connectivity index is 1.67. The van der Waals surface area contributed by atoms with Crippen molar-refractivity contribution in [3.63, 3.8) is 0 Å². The van der Waals surface area contributed by atoms with Crippen LogP contribution >= 0.6 is 0 Å². The van der Waals surface area contributed by atoms with Crippen LogP contribution in [0.1, 0.15) is 19.8 Å². The second-order valence-electron chi connectivity index (χ2n) is 7.57. The van der Waals surface area contributed by atoms with E-state index in [0.717, 1.165) is 45.1 Å². The Morgan fingerprint density at radius 2 is 1.74 bits per heavy atom. The number of guanidine groups is 1. The zero-order valence-corrected chi connectivity index (χ0v) is 16.9. The second kappa shape index (κ2) is 10.5. The van der Waals surface area contributed by atoms with Crippen LogP contribution in [0.15, 0.2) is 4.99 Å². The van der Waals surface area contributed by atoms with E-state index < -0.39 is 12.2 Å². The first-order chi connectivity index (χ1) is 12.8. The van der Waals surface area contributed by atoms with E-state index in [0.29, 0.717) is 26.2 Å². The summed E-state index contributed by atoms with van der Waals surface area (Å²) >= 11 is 0. The summed E-state index contributed by atoms with van der Waals surface area (Å²) in [7, 11) is 3.90. The number of nitrogens with zero attached hydrogens (tertiary/aromatic N) is 5. The molecule has 158 valence electrons. The first kappa shape index (κ1) is 22.2. The molecule has 2 aliphatic rings. The highest BCUT2D eigenvalue weighted by Gasteiger charge is 2.41. The van der Waals surface area contributed by atoms with Gasteiger partial charge in [-0.05, 0) is 46.4 Å². The lowest BCUT2D eigenvalue weighted by atomic mass is 10.2. The van der Waals surface area contributed by atoms with Crippen LogP contribution in [0.3, 0.4) is 0 Å². The van der Waals surface area contributed by atoms with Gasteiger partial charge in [-0.15, -0.1) is 0 Å². The van der Waals surface area contributed by atoms with Crippen molar-refractivity contribution < 1.29 is 13.2 Å². The van der Waals surface area contributed by atoms with Crippen LogP contribution in [0.5, 0.6) is 0 Å². The van der Waals surface area contributed by atoms with Crippen LogP contribution in [0, 0.1) is 0 Å². The number of hydrogen-bond donors (Lipinski definition) is 1. The van der Waals surface area contributed by atoms with E-state index in [2.05, 4.69) is 32.1 Å². The minimum atomic E-state index is -4.16. The van der Waals surface area contributed by atoms with Gasteiger partial charge in [0.1, 0.15) is 6.04 Å². The number of nitrogens with one attached hydrogen (secondary N) is 1. The van der Waals surface area contributed by atoms with E-state index in [9.17, 15) is 13.2 Å². The minimum Gasteiger partial charge on any atom is -0.356 e. The number of likely N-dealkylation sites (N-methyl/N-ethyl adjacent to an activating group) is 1. The number of rotatable bonds is 5. The van der Waals surface area contributed by atoms with Crippen molar-refractivity contribution >= 4 is 5.96 Å². The van der Waals surface area contributed by atoms with Crippen molar-refractivity contribution in [2.75, 3.05) is 79.5 Å². The van der Waals surface area contributed by atoms with Crippen molar-refractivity contribution in [2.24, 2.45) is 4.99 Å². The summed E-state index contributed by atoms with van der Waals surface area (Å²) in [6, 6.07) is -1.39. The Morgan fingerprint density at radius 1 is 1.04 bits per heavy atom. The van der Waals surface area contributed by atoms with Gasteiger partial charge in [-0.1, -0.05) is 0 Å². The third kappa shape index (κ3) is 7.12. The van der Waals surface area contributed by atoms with E-state index >= 15 is 0 Å². The molecule has 0 aromatic heterocycles. The molecule has 27 heavy (non-hydrogen) atoms. The molecule has 2 saturated heterocycles. The number of alkyl halides is 3. The molecule has 0 saturated carbocycles. The van der Waals surface area contributed by atoms with E-state index in [1.807, 2.05) is 0 Å². The van der Waals surface area contributed by atoms with Gasteiger partial charge in [0, 0.05) is 52.9 Å². The maximum Gasteiger partial charge on any atom is 0.403 e. The molecule has 0 spiro atoms. The number of piperazine rings is 1. The fraction of sp³-hybridized carbons (Fsp3) is 0.944. The van der Waals surface area contributed by atoms with Crippen molar-refractivity contribution in [1.82, 2.24) is 24.9 Å². The Bertz CT molecular complexity index is 463. The largest absolute Gasteiger partial charge is 0.403 e. The van der Waals surface area contributed by atoms with E-state index in [1.165, 1.54) is 24.8 Å². The van der Waals surface area contributed by atoms with Crippen molar-refractivity contribution in [3.8, 4) is 0 Å². The van der Waals surface area contributed by atoms with E-state index in [4.69, 9.17) is 0 Å². The van der Waals surface area contributed by atoms with Crippen molar-refractivity contribution in [2.45, 2.75) is 32.0 Å². The molecule has 0 radical (unpaired) electrons. The molecule has 0 bridgehead atoms. The van der Waals surface area contributed by atoms with Crippen LogP contribution in [-0.2, 0) is 0 Å².